The number of carbonyl (C=O) groups excluding carboxylic acids is 1. The summed E-state index contributed by atoms with van der Waals surface area (Å²) in [5.74, 6) is -0.990. The van der Waals surface area contributed by atoms with Crippen molar-refractivity contribution in [1.82, 2.24) is 5.06 Å². The summed E-state index contributed by atoms with van der Waals surface area (Å²) in [7, 11) is 0. The molecule has 1 aromatic rings. The van der Waals surface area contributed by atoms with Gasteiger partial charge < -0.3 is 5.73 Å². The molecule has 0 radical (unpaired) electrons. The zero-order chi connectivity index (χ0) is 12.4. The minimum atomic E-state index is -0.529. The highest BCUT2D eigenvalue weighted by atomic mass is 19.1. The van der Waals surface area contributed by atoms with Crippen LogP contribution in [0, 0.1) is 12.7 Å². The number of hydroxylamine groups is 2. The molecule has 0 atom stereocenters. The molecule has 0 aliphatic carbocycles. The van der Waals surface area contributed by atoms with Crippen LogP contribution in [0.15, 0.2) is 12.1 Å². The molecule has 2 rings (SSSR count). The third-order valence-corrected chi connectivity index (χ3v) is 2.74. The van der Waals surface area contributed by atoms with Gasteiger partial charge in [0.25, 0.3) is 5.91 Å². The molecule has 4 nitrogen and oxygen atoms in total. The summed E-state index contributed by atoms with van der Waals surface area (Å²) in [4.78, 5) is 17.2. The van der Waals surface area contributed by atoms with Gasteiger partial charge in [0, 0.05) is 12.2 Å². The monoisotopic (exact) mass is 238 g/mol. The van der Waals surface area contributed by atoms with Gasteiger partial charge in [-0.05, 0) is 37.5 Å². The van der Waals surface area contributed by atoms with Crippen molar-refractivity contribution >= 4 is 11.6 Å². The lowest BCUT2D eigenvalue weighted by atomic mass is 10.1. The van der Waals surface area contributed by atoms with Crippen LogP contribution in [0.2, 0.25) is 0 Å². The molecule has 0 bridgehead atoms. The Bertz CT molecular complexity index is 442. The maximum atomic E-state index is 13.8. The molecule has 1 aliphatic heterocycles. The van der Waals surface area contributed by atoms with Crippen LogP contribution < -0.4 is 5.73 Å². The second-order valence-corrected chi connectivity index (χ2v) is 4.15. The summed E-state index contributed by atoms with van der Waals surface area (Å²) in [5, 5.41) is 1.21. The van der Waals surface area contributed by atoms with Crippen LogP contribution in [-0.4, -0.2) is 24.1 Å². The van der Waals surface area contributed by atoms with Crippen LogP contribution in [0.1, 0.15) is 28.8 Å². The molecule has 1 fully saturated rings. The number of hydrogen-bond acceptors (Lipinski definition) is 3. The predicted molar refractivity (Wildman–Crippen MR) is 61.8 cm³/mol. The molecule has 1 amide bonds. The molecule has 5 heteroatoms. The van der Waals surface area contributed by atoms with Crippen LogP contribution in [0.5, 0.6) is 0 Å². The highest BCUT2D eigenvalue weighted by Gasteiger charge is 2.23. The van der Waals surface area contributed by atoms with Crippen molar-refractivity contribution in [2.45, 2.75) is 19.8 Å². The quantitative estimate of drug-likeness (QED) is 0.760. The topological polar surface area (TPSA) is 55.6 Å². The summed E-state index contributed by atoms with van der Waals surface area (Å²) in [6, 6.07) is 2.85. The first-order chi connectivity index (χ1) is 8.09. The number of carbonyl (C=O) groups is 1. The Hall–Kier alpha value is -1.62. The van der Waals surface area contributed by atoms with E-state index in [0.29, 0.717) is 24.4 Å². The number of halogens is 1. The standard InChI is InChI=1S/C12H15FN2O2/c1-8-6-9(14)7-10(11(8)13)12(16)15-4-2-3-5-17-15/h6-7H,2-5,14H2,1H3. The number of amides is 1. The van der Waals surface area contributed by atoms with Crippen LogP contribution in [0.3, 0.4) is 0 Å². The van der Waals surface area contributed by atoms with Crippen molar-refractivity contribution in [3.05, 3.63) is 29.1 Å². The Morgan fingerprint density at radius 3 is 2.88 bits per heavy atom. The van der Waals surface area contributed by atoms with Crippen LogP contribution in [-0.2, 0) is 4.84 Å². The normalized spacial score (nSPS) is 16.0. The lowest BCUT2D eigenvalue weighted by molar-refractivity contribution is -0.144. The number of nitrogen functional groups attached to an aromatic ring is 1. The Morgan fingerprint density at radius 1 is 1.47 bits per heavy atom. The third-order valence-electron chi connectivity index (χ3n) is 2.74. The fraction of sp³-hybridized carbons (Fsp3) is 0.417. The third kappa shape index (κ3) is 2.39. The van der Waals surface area contributed by atoms with Gasteiger partial charge in [-0.2, -0.15) is 0 Å². The number of benzene rings is 1. The van der Waals surface area contributed by atoms with E-state index >= 15 is 0 Å². The molecule has 1 aromatic carbocycles. The smallest absolute Gasteiger partial charge is 0.280 e. The lowest BCUT2D eigenvalue weighted by Gasteiger charge is -2.26. The fourth-order valence-corrected chi connectivity index (χ4v) is 1.84. The van der Waals surface area contributed by atoms with E-state index in [0.717, 1.165) is 12.8 Å². The van der Waals surface area contributed by atoms with Crippen molar-refractivity contribution in [1.29, 1.82) is 0 Å². The number of anilines is 1. The van der Waals surface area contributed by atoms with Gasteiger partial charge >= 0.3 is 0 Å². The molecular formula is C12H15FN2O2. The molecule has 17 heavy (non-hydrogen) atoms. The lowest BCUT2D eigenvalue weighted by Crippen LogP contribution is -2.36. The van der Waals surface area contributed by atoms with Gasteiger partial charge in [0.1, 0.15) is 5.82 Å². The van der Waals surface area contributed by atoms with Crippen molar-refractivity contribution in [3.8, 4) is 0 Å². The molecule has 0 spiro atoms. The van der Waals surface area contributed by atoms with Crippen molar-refractivity contribution in [2.24, 2.45) is 0 Å². The first-order valence-corrected chi connectivity index (χ1v) is 5.60. The maximum Gasteiger partial charge on any atom is 0.280 e. The van der Waals surface area contributed by atoms with E-state index in [4.69, 9.17) is 10.6 Å². The highest BCUT2D eigenvalue weighted by molar-refractivity contribution is 5.95. The fourth-order valence-electron chi connectivity index (χ4n) is 1.84. The SMILES string of the molecule is Cc1cc(N)cc(C(=O)N2CCCCO2)c1F. The zero-order valence-electron chi connectivity index (χ0n) is 9.70. The van der Waals surface area contributed by atoms with Crippen molar-refractivity contribution in [3.63, 3.8) is 0 Å². The summed E-state index contributed by atoms with van der Waals surface area (Å²) in [6.45, 7) is 2.57. The van der Waals surface area contributed by atoms with Gasteiger partial charge in [-0.15, -0.1) is 0 Å². The summed E-state index contributed by atoms with van der Waals surface area (Å²) in [6.07, 6.45) is 1.79. The van der Waals surface area contributed by atoms with Crippen LogP contribution >= 0.6 is 0 Å². The van der Waals surface area contributed by atoms with Gasteiger partial charge in [-0.1, -0.05) is 0 Å². The predicted octanol–water partition coefficient (Wildman–Crippen LogP) is 1.88. The second-order valence-electron chi connectivity index (χ2n) is 4.15. The number of nitrogens with two attached hydrogens (primary N) is 1. The average molecular weight is 238 g/mol. The Morgan fingerprint density at radius 2 is 2.24 bits per heavy atom. The van der Waals surface area contributed by atoms with Gasteiger partial charge in [0.2, 0.25) is 0 Å². The van der Waals surface area contributed by atoms with Crippen LogP contribution in [0.25, 0.3) is 0 Å². The Balaban J connectivity index is 2.29. The Kier molecular flexibility index (Phi) is 3.28. The molecule has 2 N–H and O–H groups in total. The molecule has 0 saturated carbocycles. The highest BCUT2D eigenvalue weighted by Crippen LogP contribution is 2.20. The largest absolute Gasteiger partial charge is 0.399 e. The molecule has 1 heterocycles. The number of rotatable bonds is 1. The Labute approximate surface area is 99.1 Å². The van der Waals surface area contributed by atoms with Crippen molar-refractivity contribution in [2.75, 3.05) is 18.9 Å². The van der Waals surface area contributed by atoms with E-state index in [1.807, 2.05) is 0 Å². The number of nitrogens with zero attached hydrogens (tertiary/aromatic N) is 1. The van der Waals surface area contributed by atoms with Crippen LogP contribution in [0.4, 0.5) is 10.1 Å². The molecule has 1 aliphatic rings. The first-order valence-electron chi connectivity index (χ1n) is 5.60. The summed E-state index contributed by atoms with van der Waals surface area (Å²) >= 11 is 0. The molecule has 1 saturated heterocycles. The average Bonchev–Trinajstić information content (AvgIpc) is 2.34. The van der Waals surface area contributed by atoms with E-state index < -0.39 is 11.7 Å². The minimum absolute atomic E-state index is 0.0237. The molecule has 0 unspecified atom stereocenters. The van der Waals surface area contributed by atoms with Gasteiger partial charge in [-0.25, -0.2) is 9.45 Å². The minimum Gasteiger partial charge on any atom is -0.399 e. The van der Waals surface area contributed by atoms with E-state index in [1.165, 1.54) is 17.2 Å². The summed E-state index contributed by atoms with van der Waals surface area (Å²) < 4.78 is 13.8. The number of aryl methyl sites for hydroxylation is 1. The van der Waals surface area contributed by atoms with Crippen molar-refractivity contribution < 1.29 is 14.0 Å². The van der Waals surface area contributed by atoms with E-state index in [-0.39, 0.29) is 5.56 Å². The first kappa shape index (κ1) is 11.9. The molecule has 92 valence electrons. The van der Waals surface area contributed by atoms with Gasteiger partial charge in [0.05, 0.1) is 12.2 Å². The maximum absolute atomic E-state index is 13.8. The van der Waals surface area contributed by atoms with E-state index in [9.17, 15) is 9.18 Å². The van der Waals surface area contributed by atoms with Gasteiger partial charge in [-0.3, -0.25) is 9.63 Å². The molecular weight excluding hydrogens is 223 g/mol. The summed E-state index contributed by atoms with van der Waals surface area (Å²) in [5.41, 5.74) is 6.34. The number of hydrogen-bond donors (Lipinski definition) is 1. The van der Waals surface area contributed by atoms with E-state index in [1.54, 1.807) is 6.92 Å². The molecule has 0 aromatic heterocycles. The van der Waals surface area contributed by atoms with E-state index in [2.05, 4.69) is 0 Å². The second kappa shape index (κ2) is 4.71. The zero-order valence-corrected chi connectivity index (χ0v) is 9.70. The van der Waals surface area contributed by atoms with Gasteiger partial charge in [0.15, 0.2) is 0 Å².